The minimum absolute atomic E-state index is 0.157. The van der Waals surface area contributed by atoms with E-state index < -0.39 is 5.41 Å². The van der Waals surface area contributed by atoms with Gasteiger partial charge >= 0.3 is 0 Å². The van der Waals surface area contributed by atoms with Crippen molar-refractivity contribution in [3.8, 4) is 0 Å². The molecular formula is C21H18F2N2O. The lowest BCUT2D eigenvalue weighted by molar-refractivity contribution is 0.211. The summed E-state index contributed by atoms with van der Waals surface area (Å²) < 4.78 is 27.1. The molecule has 0 aliphatic carbocycles. The number of rotatable bonds is 5. The highest BCUT2D eigenvalue weighted by atomic mass is 19.1. The first-order valence-electron chi connectivity index (χ1n) is 8.03. The molecule has 3 aromatic carbocycles. The van der Waals surface area contributed by atoms with Crippen molar-refractivity contribution in [3.05, 3.63) is 107 Å². The van der Waals surface area contributed by atoms with Crippen LogP contribution in [-0.2, 0) is 10.3 Å². The van der Waals surface area contributed by atoms with Crippen molar-refractivity contribution in [1.29, 1.82) is 0 Å². The van der Waals surface area contributed by atoms with Crippen molar-refractivity contribution in [2.75, 3.05) is 7.11 Å². The standard InChI is InChI=1S/C21H18F2N2O/c1-26-25-20(24)21(15-5-3-2-4-6-15,16-7-11-18(22)12-8-16)17-9-13-19(23)14-10-17/h2-14H,1H3,(H2,24,25). The van der Waals surface area contributed by atoms with Gasteiger partial charge in [-0.05, 0) is 41.0 Å². The third-order valence-electron chi connectivity index (χ3n) is 4.34. The highest BCUT2D eigenvalue weighted by Gasteiger charge is 2.41. The van der Waals surface area contributed by atoms with Crippen LogP contribution in [0.4, 0.5) is 8.78 Å². The fourth-order valence-corrected chi connectivity index (χ4v) is 3.20. The monoisotopic (exact) mass is 352 g/mol. The van der Waals surface area contributed by atoms with Crippen LogP contribution in [0.2, 0.25) is 0 Å². The SMILES string of the molecule is CON=C(N)C(c1ccccc1)(c1ccc(F)cc1)c1ccc(F)cc1. The second-order valence-electron chi connectivity index (χ2n) is 5.79. The Balaban J connectivity index is 2.39. The zero-order valence-corrected chi connectivity index (χ0v) is 14.2. The third kappa shape index (κ3) is 3.04. The summed E-state index contributed by atoms with van der Waals surface area (Å²) >= 11 is 0. The lowest BCUT2D eigenvalue weighted by atomic mass is 9.68. The van der Waals surface area contributed by atoms with E-state index in [0.717, 1.165) is 5.56 Å². The molecule has 3 nitrogen and oxygen atoms in total. The maximum atomic E-state index is 13.5. The van der Waals surface area contributed by atoms with Crippen molar-refractivity contribution >= 4 is 5.84 Å². The van der Waals surface area contributed by atoms with Crippen LogP contribution >= 0.6 is 0 Å². The summed E-state index contributed by atoms with van der Waals surface area (Å²) in [6.07, 6.45) is 0. The lowest BCUT2D eigenvalue weighted by Crippen LogP contribution is -2.43. The number of hydrogen-bond donors (Lipinski definition) is 1. The summed E-state index contributed by atoms with van der Waals surface area (Å²) in [6.45, 7) is 0. The molecule has 3 rings (SSSR count). The molecular weight excluding hydrogens is 334 g/mol. The van der Waals surface area contributed by atoms with E-state index in [1.165, 1.54) is 31.4 Å². The summed E-state index contributed by atoms with van der Waals surface area (Å²) in [7, 11) is 1.40. The van der Waals surface area contributed by atoms with Gasteiger partial charge in [0.2, 0.25) is 0 Å². The van der Waals surface area contributed by atoms with Gasteiger partial charge in [-0.3, -0.25) is 0 Å². The average molecular weight is 352 g/mol. The molecule has 2 N–H and O–H groups in total. The van der Waals surface area contributed by atoms with Crippen molar-refractivity contribution in [2.45, 2.75) is 5.41 Å². The van der Waals surface area contributed by atoms with Crippen LogP contribution in [0.15, 0.2) is 84.0 Å². The minimum Gasteiger partial charge on any atom is -0.398 e. The second kappa shape index (κ2) is 7.35. The molecule has 0 spiro atoms. The largest absolute Gasteiger partial charge is 0.398 e. The van der Waals surface area contributed by atoms with E-state index in [2.05, 4.69) is 5.16 Å². The highest BCUT2D eigenvalue weighted by molar-refractivity contribution is 5.98. The van der Waals surface area contributed by atoms with E-state index in [1.54, 1.807) is 24.3 Å². The topological polar surface area (TPSA) is 47.6 Å². The zero-order valence-electron chi connectivity index (χ0n) is 14.2. The van der Waals surface area contributed by atoms with Crippen molar-refractivity contribution in [1.82, 2.24) is 0 Å². The number of benzene rings is 3. The van der Waals surface area contributed by atoms with Crippen molar-refractivity contribution in [3.63, 3.8) is 0 Å². The predicted molar refractivity (Wildman–Crippen MR) is 97.8 cm³/mol. The van der Waals surface area contributed by atoms with Gasteiger partial charge in [0.1, 0.15) is 24.2 Å². The van der Waals surface area contributed by atoms with Crippen molar-refractivity contribution < 1.29 is 13.6 Å². The zero-order chi connectivity index (χ0) is 18.6. The lowest BCUT2D eigenvalue weighted by Gasteiger charge is -2.34. The van der Waals surface area contributed by atoms with E-state index in [1.807, 2.05) is 30.3 Å². The number of oxime groups is 1. The van der Waals surface area contributed by atoms with Gasteiger partial charge in [-0.1, -0.05) is 59.8 Å². The first kappa shape index (κ1) is 17.6. The molecule has 0 bridgehead atoms. The quantitative estimate of drug-likeness (QED) is 0.323. The van der Waals surface area contributed by atoms with Gasteiger partial charge in [0.15, 0.2) is 5.84 Å². The Morgan fingerprint density at radius 2 is 1.19 bits per heavy atom. The van der Waals surface area contributed by atoms with E-state index >= 15 is 0 Å². The molecule has 26 heavy (non-hydrogen) atoms. The van der Waals surface area contributed by atoms with E-state index in [4.69, 9.17) is 10.6 Å². The van der Waals surface area contributed by atoms with Crippen molar-refractivity contribution in [2.24, 2.45) is 10.9 Å². The van der Waals surface area contributed by atoms with E-state index in [9.17, 15) is 8.78 Å². The molecule has 0 saturated carbocycles. The van der Waals surface area contributed by atoms with Crippen LogP contribution in [0, 0.1) is 11.6 Å². The Morgan fingerprint density at radius 3 is 1.62 bits per heavy atom. The molecule has 0 heterocycles. The number of hydrogen-bond acceptors (Lipinski definition) is 2. The number of nitrogens with two attached hydrogens (primary N) is 1. The normalized spacial score (nSPS) is 12.0. The Hall–Kier alpha value is -3.21. The molecule has 5 heteroatoms. The molecule has 0 atom stereocenters. The first-order valence-corrected chi connectivity index (χ1v) is 8.03. The van der Waals surface area contributed by atoms with Crippen LogP contribution in [0.5, 0.6) is 0 Å². The molecule has 0 aliphatic heterocycles. The maximum absolute atomic E-state index is 13.5. The van der Waals surface area contributed by atoms with Gasteiger partial charge in [0.05, 0.1) is 0 Å². The van der Waals surface area contributed by atoms with Crippen LogP contribution in [-0.4, -0.2) is 12.9 Å². The van der Waals surface area contributed by atoms with E-state index in [0.29, 0.717) is 11.1 Å². The molecule has 0 aliphatic rings. The highest BCUT2D eigenvalue weighted by Crippen LogP contribution is 2.39. The minimum atomic E-state index is -1.06. The maximum Gasteiger partial charge on any atom is 0.159 e. The fourth-order valence-electron chi connectivity index (χ4n) is 3.20. The van der Waals surface area contributed by atoms with Gasteiger partial charge in [-0.25, -0.2) is 8.78 Å². The Bertz CT molecular complexity index is 846. The molecule has 0 amide bonds. The van der Waals surface area contributed by atoms with Gasteiger partial charge < -0.3 is 10.6 Å². The van der Waals surface area contributed by atoms with Gasteiger partial charge in [-0.15, -0.1) is 0 Å². The smallest absolute Gasteiger partial charge is 0.159 e. The molecule has 3 aromatic rings. The van der Waals surface area contributed by atoms with Gasteiger partial charge in [0, 0.05) is 0 Å². The Morgan fingerprint density at radius 1 is 0.769 bits per heavy atom. The number of nitrogens with zero attached hydrogens (tertiary/aromatic N) is 1. The molecule has 0 fully saturated rings. The van der Waals surface area contributed by atoms with Crippen LogP contribution in [0.25, 0.3) is 0 Å². The summed E-state index contributed by atoms with van der Waals surface area (Å²) in [5, 5.41) is 3.98. The molecule has 0 radical (unpaired) electrons. The summed E-state index contributed by atoms with van der Waals surface area (Å²) in [6, 6.07) is 21.4. The van der Waals surface area contributed by atoms with Crippen LogP contribution in [0.3, 0.4) is 0 Å². The predicted octanol–water partition coefficient (Wildman–Crippen LogP) is 4.22. The van der Waals surface area contributed by atoms with Crippen LogP contribution in [0.1, 0.15) is 16.7 Å². The number of amidine groups is 1. The first-order chi connectivity index (χ1) is 12.6. The molecule has 0 aromatic heterocycles. The second-order valence-corrected chi connectivity index (χ2v) is 5.79. The molecule has 0 saturated heterocycles. The Labute approximate surface area is 150 Å². The summed E-state index contributed by atoms with van der Waals surface area (Å²) in [5.74, 6) is -0.571. The average Bonchev–Trinajstić information content (AvgIpc) is 2.66. The molecule has 132 valence electrons. The van der Waals surface area contributed by atoms with Crippen LogP contribution < -0.4 is 5.73 Å². The third-order valence-corrected chi connectivity index (χ3v) is 4.34. The fraction of sp³-hybridized carbons (Fsp3) is 0.0952. The summed E-state index contributed by atoms with van der Waals surface area (Å²) in [4.78, 5) is 4.94. The number of halogens is 2. The summed E-state index contributed by atoms with van der Waals surface area (Å²) in [5.41, 5.74) is 7.50. The van der Waals surface area contributed by atoms with E-state index in [-0.39, 0.29) is 17.5 Å². The van der Waals surface area contributed by atoms with Gasteiger partial charge in [0.25, 0.3) is 0 Å². The molecule has 0 unspecified atom stereocenters. The van der Waals surface area contributed by atoms with Gasteiger partial charge in [-0.2, -0.15) is 0 Å². The Kier molecular flexibility index (Phi) is 4.98.